The molecule has 0 spiro atoms. The summed E-state index contributed by atoms with van der Waals surface area (Å²) in [4.78, 5) is 11.5. The molecule has 2 unspecified atom stereocenters. The molecule has 0 bridgehead atoms. The molecular formula is C14H23N3O. The highest BCUT2D eigenvalue weighted by atomic mass is 16.3. The van der Waals surface area contributed by atoms with Gasteiger partial charge in [-0.25, -0.2) is 9.97 Å². The van der Waals surface area contributed by atoms with Crippen LogP contribution in [-0.2, 0) is 0 Å². The number of rotatable bonds is 4. The highest BCUT2D eigenvalue weighted by molar-refractivity contribution is 5.17. The number of hydrogen-bond donors (Lipinski definition) is 1. The molecule has 1 aliphatic heterocycles. The van der Waals surface area contributed by atoms with Gasteiger partial charge in [0.1, 0.15) is 5.82 Å². The molecule has 18 heavy (non-hydrogen) atoms. The van der Waals surface area contributed by atoms with Crippen LogP contribution in [0.4, 0.5) is 0 Å². The number of aliphatic hydroxyl groups excluding tert-OH is 1. The number of likely N-dealkylation sites (tertiary alicyclic amines) is 1. The van der Waals surface area contributed by atoms with Gasteiger partial charge in [-0.15, -0.1) is 0 Å². The largest absolute Gasteiger partial charge is 0.396 e. The monoisotopic (exact) mass is 249 g/mol. The van der Waals surface area contributed by atoms with Crippen molar-refractivity contribution in [1.29, 1.82) is 0 Å². The molecular weight excluding hydrogens is 226 g/mol. The van der Waals surface area contributed by atoms with Crippen LogP contribution >= 0.6 is 0 Å². The van der Waals surface area contributed by atoms with Crippen molar-refractivity contribution in [3.05, 3.63) is 23.3 Å². The van der Waals surface area contributed by atoms with Crippen molar-refractivity contribution in [1.82, 2.24) is 14.9 Å². The van der Waals surface area contributed by atoms with Crippen molar-refractivity contribution in [3.8, 4) is 0 Å². The minimum absolute atomic E-state index is 0.0720. The molecule has 2 atom stereocenters. The van der Waals surface area contributed by atoms with E-state index in [1.165, 1.54) is 6.42 Å². The minimum atomic E-state index is 0.0720. The smallest absolute Gasteiger partial charge is 0.134 e. The van der Waals surface area contributed by atoms with E-state index in [-0.39, 0.29) is 12.5 Å². The third-order valence-corrected chi connectivity index (χ3v) is 3.78. The zero-order chi connectivity index (χ0) is 13.1. The van der Waals surface area contributed by atoms with E-state index < -0.39 is 0 Å². The molecule has 4 nitrogen and oxygen atoms in total. The van der Waals surface area contributed by atoms with Gasteiger partial charge in [-0.05, 0) is 39.4 Å². The first-order chi connectivity index (χ1) is 8.63. The maximum atomic E-state index is 9.38. The van der Waals surface area contributed by atoms with E-state index in [0.29, 0.717) is 5.92 Å². The van der Waals surface area contributed by atoms with E-state index in [2.05, 4.69) is 29.9 Å². The van der Waals surface area contributed by atoms with E-state index >= 15 is 0 Å². The summed E-state index contributed by atoms with van der Waals surface area (Å²) in [5.41, 5.74) is 2.16. The standard InChI is InChI=1S/C14H23N3O/c1-4-11(9-18)14-15-10(2)7-13(16-14)12-5-6-17(3)8-12/h7,11-12,18H,4-6,8-9H2,1-3H3. The average Bonchev–Trinajstić information content (AvgIpc) is 2.77. The molecule has 1 fully saturated rings. The topological polar surface area (TPSA) is 49.3 Å². The molecule has 1 aliphatic rings. The lowest BCUT2D eigenvalue weighted by Crippen LogP contribution is -2.15. The summed E-state index contributed by atoms with van der Waals surface area (Å²) in [6.07, 6.45) is 2.05. The van der Waals surface area contributed by atoms with E-state index in [0.717, 1.165) is 36.7 Å². The van der Waals surface area contributed by atoms with Gasteiger partial charge in [0, 0.05) is 29.8 Å². The van der Waals surface area contributed by atoms with Crippen LogP contribution in [0.1, 0.15) is 48.8 Å². The molecule has 100 valence electrons. The Balaban J connectivity index is 2.26. The first-order valence-electron chi connectivity index (χ1n) is 6.79. The fourth-order valence-corrected chi connectivity index (χ4v) is 2.58. The van der Waals surface area contributed by atoms with Crippen molar-refractivity contribution in [2.24, 2.45) is 0 Å². The Labute approximate surface area is 109 Å². The molecule has 0 radical (unpaired) electrons. The molecule has 0 aromatic carbocycles. The van der Waals surface area contributed by atoms with Crippen LogP contribution in [0.2, 0.25) is 0 Å². The number of hydrogen-bond acceptors (Lipinski definition) is 4. The number of likely N-dealkylation sites (N-methyl/N-ethyl adjacent to an activating group) is 1. The van der Waals surface area contributed by atoms with Crippen LogP contribution in [0.25, 0.3) is 0 Å². The summed E-state index contributed by atoms with van der Waals surface area (Å²) in [5, 5.41) is 9.38. The second kappa shape index (κ2) is 5.76. The minimum Gasteiger partial charge on any atom is -0.396 e. The molecule has 0 saturated carbocycles. The maximum absolute atomic E-state index is 9.38. The lowest BCUT2D eigenvalue weighted by molar-refractivity contribution is 0.257. The molecule has 0 amide bonds. The zero-order valence-corrected chi connectivity index (χ0v) is 11.6. The zero-order valence-electron chi connectivity index (χ0n) is 11.6. The second-order valence-corrected chi connectivity index (χ2v) is 5.33. The van der Waals surface area contributed by atoms with Crippen molar-refractivity contribution in [2.75, 3.05) is 26.7 Å². The first kappa shape index (κ1) is 13.4. The van der Waals surface area contributed by atoms with Gasteiger partial charge < -0.3 is 10.0 Å². The number of aryl methyl sites for hydroxylation is 1. The molecule has 1 saturated heterocycles. The van der Waals surface area contributed by atoms with Crippen molar-refractivity contribution < 1.29 is 5.11 Å². The Morgan fingerprint density at radius 1 is 1.50 bits per heavy atom. The van der Waals surface area contributed by atoms with Gasteiger partial charge in [0.15, 0.2) is 0 Å². The summed E-state index contributed by atoms with van der Waals surface area (Å²) in [7, 11) is 2.15. The van der Waals surface area contributed by atoms with Gasteiger partial charge >= 0.3 is 0 Å². The summed E-state index contributed by atoms with van der Waals surface area (Å²) in [6, 6.07) is 2.09. The maximum Gasteiger partial charge on any atom is 0.134 e. The third-order valence-electron chi connectivity index (χ3n) is 3.78. The Morgan fingerprint density at radius 2 is 2.28 bits per heavy atom. The second-order valence-electron chi connectivity index (χ2n) is 5.33. The Hall–Kier alpha value is -1.00. The molecule has 2 rings (SSSR count). The highest BCUT2D eigenvalue weighted by Crippen LogP contribution is 2.26. The normalized spacial score (nSPS) is 22.3. The fraction of sp³-hybridized carbons (Fsp3) is 0.714. The van der Waals surface area contributed by atoms with E-state index in [4.69, 9.17) is 4.98 Å². The first-order valence-corrected chi connectivity index (χ1v) is 6.79. The van der Waals surface area contributed by atoms with Crippen LogP contribution in [0.15, 0.2) is 6.07 Å². The van der Waals surface area contributed by atoms with Crippen LogP contribution in [0.5, 0.6) is 0 Å². The summed E-state index contributed by atoms with van der Waals surface area (Å²) < 4.78 is 0. The van der Waals surface area contributed by atoms with Gasteiger partial charge in [-0.3, -0.25) is 0 Å². The van der Waals surface area contributed by atoms with E-state index in [1.54, 1.807) is 0 Å². The predicted molar refractivity (Wildman–Crippen MR) is 71.7 cm³/mol. The molecule has 1 aromatic rings. The average molecular weight is 249 g/mol. The van der Waals surface area contributed by atoms with Crippen molar-refractivity contribution in [2.45, 2.75) is 38.5 Å². The van der Waals surface area contributed by atoms with Gasteiger partial charge in [-0.2, -0.15) is 0 Å². The number of aliphatic hydroxyl groups is 1. The lowest BCUT2D eigenvalue weighted by Gasteiger charge is -2.15. The quantitative estimate of drug-likeness (QED) is 0.882. The lowest BCUT2D eigenvalue weighted by atomic mass is 10.0. The van der Waals surface area contributed by atoms with Crippen LogP contribution in [-0.4, -0.2) is 46.7 Å². The van der Waals surface area contributed by atoms with Gasteiger partial charge in [0.25, 0.3) is 0 Å². The van der Waals surface area contributed by atoms with Gasteiger partial charge in [0.05, 0.1) is 6.61 Å². The van der Waals surface area contributed by atoms with Crippen LogP contribution in [0.3, 0.4) is 0 Å². The third kappa shape index (κ3) is 2.87. The van der Waals surface area contributed by atoms with Crippen LogP contribution < -0.4 is 0 Å². The summed E-state index contributed by atoms with van der Waals surface area (Å²) >= 11 is 0. The Kier molecular flexibility index (Phi) is 4.30. The van der Waals surface area contributed by atoms with E-state index in [9.17, 15) is 5.11 Å². The van der Waals surface area contributed by atoms with E-state index in [1.807, 2.05) is 6.92 Å². The molecule has 1 N–H and O–H groups in total. The molecule has 4 heteroatoms. The number of aromatic nitrogens is 2. The summed E-state index contributed by atoms with van der Waals surface area (Å²) in [5.74, 6) is 1.40. The van der Waals surface area contributed by atoms with Gasteiger partial charge in [-0.1, -0.05) is 6.92 Å². The van der Waals surface area contributed by atoms with Crippen LogP contribution in [0, 0.1) is 6.92 Å². The Bertz CT molecular complexity index is 404. The summed E-state index contributed by atoms with van der Waals surface area (Å²) in [6.45, 7) is 6.42. The SMILES string of the molecule is CCC(CO)c1nc(C)cc(C2CCN(C)C2)n1. The predicted octanol–water partition coefficient (Wildman–Crippen LogP) is 1.69. The molecule has 0 aliphatic carbocycles. The van der Waals surface area contributed by atoms with Crippen molar-refractivity contribution >= 4 is 0 Å². The highest BCUT2D eigenvalue weighted by Gasteiger charge is 2.24. The Morgan fingerprint density at radius 3 is 2.83 bits per heavy atom. The van der Waals surface area contributed by atoms with Gasteiger partial charge in [0.2, 0.25) is 0 Å². The fourth-order valence-electron chi connectivity index (χ4n) is 2.58. The molecule has 2 heterocycles. The molecule has 1 aromatic heterocycles. The van der Waals surface area contributed by atoms with Crippen molar-refractivity contribution in [3.63, 3.8) is 0 Å². The number of nitrogens with zero attached hydrogens (tertiary/aromatic N) is 3.